The van der Waals surface area contributed by atoms with Crippen LogP contribution in [0.15, 0.2) is 44.7 Å². The van der Waals surface area contributed by atoms with Crippen LogP contribution in [-0.4, -0.2) is 16.1 Å². The van der Waals surface area contributed by atoms with Crippen LogP contribution in [0.1, 0.15) is 16.2 Å². The molecule has 0 atom stereocenters. The smallest absolute Gasteiger partial charge is 0.340 e. The molecule has 0 saturated carbocycles. The maximum Gasteiger partial charge on any atom is 0.340 e. The minimum atomic E-state index is -0.547. The van der Waals surface area contributed by atoms with Crippen LogP contribution >= 0.6 is 27.3 Å². The van der Waals surface area contributed by atoms with Crippen molar-refractivity contribution in [1.82, 2.24) is 10.1 Å². The van der Waals surface area contributed by atoms with Gasteiger partial charge in [-0.3, -0.25) is 0 Å². The molecule has 22 heavy (non-hydrogen) atoms. The van der Waals surface area contributed by atoms with E-state index in [4.69, 9.17) is 15.0 Å². The molecule has 0 spiro atoms. The molecule has 0 aliphatic rings. The summed E-state index contributed by atoms with van der Waals surface area (Å²) in [6, 6.07) is 8.75. The topological polar surface area (TPSA) is 91.2 Å². The quantitative estimate of drug-likeness (QED) is 0.550. The van der Waals surface area contributed by atoms with Crippen molar-refractivity contribution in [2.45, 2.75) is 6.61 Å². The summed E-state index contributed by atoms with van der Waals surface area (Å²) in [7, 11) is 0. The Bertz CT molecular complexity index is 802. The monoisotopic (exact) mass is 379 g/mol. The van der Waals surface area contributed by atoms with E-state index in [1.807, 2.05) is 17.5 Å². The number of nitrogens with zero attached hydrogens (tertiary/aromatic N) is 2. The van der Waals surface area contributed by atoms with Crippen molar-refractivity contribution in [3.8, 4) is 10.7 Å². The van der Waals surface area contributed by atoms with Crippen molar-refractivity contribution in [3.05, 3.63) is 51.6 Å². The number of nitrogens with two attached hydrogens (primary N) is 1. The summed E-state index contributed by atoms with van der Waals surface area (Å²) in [6.45, 7) is -0.108. The molecule has 0 unspecified atom stereocenters. The lowest BCUT2D eigenvalue weighted by Gasteiger charge is -2.05. The highest BCUT2D eigenvalue weighted by atomic mass is 79.9. The average molecular weight is 380 g/mol. The second-order valence-corrected chi connectivity index (χ2v) is 6.16. The van der Waals surface area contributed by atoms with E-state index >= 15 is 0 Å². The molecule has 0 fully saturated rings. The zero-order valence-electron chi connectivity index (χ0n) is 11.2. The van der Waals surface area contributed by atoms with Crippen LogP contribution in [0.3, 0.4) is 0 Å². The number of carbonyl (C=O) groups excluding carboxylic acids is 1. The highest BCUT2D eigenvalue weighted by Gasteiger charge is 2.15. The average Bonchev–Trinajstić information content (AvgIpc) is 3.17. The third-order valence-corrected chi connectivity index (χ3v) is 4.13. The number of carbonyl (C=O) groups is 1. The van der Waals surface area contributed by atoms with Gasteiger partial charge < -0.3 is 15.0 Å². The molecule has 112 valence electrons. The van der Waals surface area contributed by atoms with Crippen molar-refractivity contribution < 1.29 is 14.1 Å². The van der Waals surface area contributed by atoms with E-state index in [2.05, 4.69) is 26.1 Å². The Hall–Kier alpha value is -2.19. The summed E-state index contributed by atoms with van der Waals surface area (Å²) in [5.41, 5.74) is 6.39. The van der Waals surface area contributed by atoms with Gasteiger partial charge in [0.05, 0.1) is 10.4 Å². The van der Waals surface area contributed by atoms with Gasteiger partial charge in [-0.1, -0.05) is 27.2 Å². The zero-order valence-corrected chi connectivity index (χ0v) is 13.6. The number of thiophene rings is 1. The standard InChI is InChI=1S/C14H10BrN3O3S/c15-8-3-4-10(16)9(6-8)14(19)20-7-12-17-13(18-21-12)11-2-1-5-22-11/h1-6H,7,16H2. The molecule has 0 bridgehead atoms. The molecule has 8 heteroatoms. The van der Waals surface area contributed by atoms with Gasteiger partial charge in [-0.15, -0.1) is 11.3 Å². The summed E-state index contributed by atoms with van der Waals surface area (Å²) in [4.78, 5) is 17.1. The van der Waals surface area contributed by atoms with E-state index in [9.17, 15) is 4.79 Å². The van der Waals surface area contributed by atoms with Crippen molar-refractivity contribution in [2.75, 3.05) is 5.73 Å². The van der Waals surface area contributed by atoms with Crippen molar-refractivity contribution >= 4 is 38.9 Å². The van der Waals surface area contributed by atoms with Crippen LogP contribution in [0.25, 0.3) is 10.7 Å². The molecule has 0 amide bonds. The van der Waals surface area contributed by atoms with E-state index < -0.39 is 5.97 Å². The van der Waals surface area contributed by atoms with Crippen LogP contribution in [0, 0.1) is 0 Å². The molecule has 0 aliphatic carbocycles. The molecule has 2 N–H and O–H groups in total. The Morgan fingerprint density at radius 1 is 1.41 bits per heavy atom. The molecule has 0 radical (unpaired) electrons. The van der Waals surface area contributed by atoms with E-state index in [0.717, 1.165) is 9.35 Å². The number of halogens is 1. The van der Waals surface area contributed by atoms with Gasteiger partial charge in [0.1, 0.15) is 0 Å². The zero-order chi connectivity index (χ0) is 15.5. The first-order valence-corrected chi connectivity index (χ1v) is 7.89. The van der Waals surface area contributed by atoms with Gasteiger partial charge in [-0.2, -0.15) is 4.98 Å². The number of aromatic nitrogens is 2. The Morgan fingerprint density at radius 2 is 2.27 bits per heavy atom. The van der Waals surface area contributed by atoms with E-state index in [1.54, 1.807) is 18.2 Å². The third kappa shape index (κ3) is 3.18. The number of rotatable bonds is 4. The molecule has 2 aromatic heterocycles. The van der Waals surface area contributed by atoms with Crippen LogP contribution < -0.4 is 5.73 Å². The number of hydrogen-bond acceptors (Lipinski definition) is 7. The predicted octanol–water partition coefficient (Wildman–Crippen LogP) is 3.50. The number of benzene rings is 1. The lowest BCUT2D eigenvalue weighted by molar-refractivity contribution is 0.0431. The SMILES string of the molecule is Nc1ccc(Br)cc1C(=O)OCc1nc(-c2cccs2)no1. The molecule has 3 aromatic rings. The summed E-state index contributed by atoms with van der Waals surface area (Å²) < 4.78 is 10.9. The maximum atomic E-state index is 12.0. The second kappa shape index (κ2) is 6.29. The second-order valence-electron chi connectivity index (χ2n) is 4.30. The first kappa shape index (κ1) is 14.7. The highest BCUT2D eigenvalue weighted by Crippen LogP contribution is 2.22. The van der Waals surface area contributed by atoms with E-state index in [1.165, 1.54) is 11.3 Å². The molecular weight excluding hydrogens is 370 g/mol. The molecule has 3 rings (SSSR count). The van der Waals surface area contributed by atoms with E-state index in [0.29, 0.717) is 11.5 Å². The normalized spacial score (nSPS) is 10.6. The fourth-order valence-corrected chi connectivity index (χ4v) is 2.74. The van der Waals surface area contributed by atoms with Gasteiger partial charge in [-0.05, 0) is 29.6 Å². The lowest BCUT2D eigenvalue weighted by Crippen LogP contribution is -2.08. The molecule has 1 aromatic carbocycles. The Labute approximate surface area is 138 Å². The fourth-order valence-electron chi connectivity index (χ4n) is 1.73. The number of ether oxygens (including phenoxy) is 1. The third-order valence-electron chi connectivity index (χ3n) is 2.77. The molecule has 2 heterocycles. The van der Waals surface area contributed by atoms with Crippen molar-refractivity contribution in [2.24, 2.45) is 0 Å². The number of anilines is 1. The molecule has 0 aliphatic heterocycles. The van der Waals surface area contributed by atoms with Crippen LogP contribution in [0.5, 0.6) is 0 Å². The molecular formula is C14H10BrN3O3S. The first-order valence-electron chi connectivity index (χ1n) is 6.22. The first-order chi connectivity index (χ1) is 10.6. The minimum absolute atomic E-state index is 0.108. The predicted molar refractivity (Wildman–Crippen MR) is 85.3 cm³/mol. The van der Waals surface area contributed by atoms with Crippen LogP contribution in [-0.2, 0) is 11.3 Å². The summed E-state index contributed by atoms with van der Waals surface area (Å²) in [5.74, 6) is 0.156. The van der Waals surface area contributed by atoms with Crippen LogP contribution in [0.2, 0.25) is 0 Å². The van der Waals surface area contributed by atoms with Gasteiger partial charge in [0, 0.05) is 10.2 Å². The van der Waals surface area contributed by atoms with Gasteiger partial charge in [-0.25, -0.2) is 4.79 Å². The Balaban J connectivity index is 1.67. The highest BCUT2D eigenvalue weighted by molar-refractivity contribution is 9.10. The molecule has 6 nitrogen and oxygen atoms in total. The Kier molecular flexibility index (Phi) is 4.21. The maximum absolute atomic E-state index is 12.0. The summed E-state index contributed by atoms with van der Waals surface area (Å²) in [6.07, 6.45) is 0. The van der Waals surface area contributed by atoms with Gasteiger partial charge in [0.25, 0.3) is 5.89 Å². The molecule has 0 saturated heterocycles. The van der Waals surface area contributed by atoms with E-state index in [-0.39, 0.29) is 18.1 Å². The number of nitrogen functional groups attached to an aromatic ring is 1. The van der Waals surface area contributed by atoms with Crippen molar-refractivity contribution in [1.29, 1.82) is 0 Å². The summed E-state index contributed by atoms with van der Waals surface area (Å²) >= 11 is 4.78. The van der Waals surface area contributed by atoms with Gasteiger partial charge in [0.2, 0.25) is 5.82 Å². The minimum Gasteiger partial charge on any atom is -0.452 e. The van der Waals surface area contributed by atoms with Gasteiger partial charge >= 0.3 is 5.97 Å². The largest absolute Gasteiger partial charge is 0.452 e. The number of hydrogen-bond donors (Lipinski definition) is 1. The van der Waals surface area contributed by atoms with Gasteiger partial charge in [0.15, 0.2) is 6.61 Å². The lowest BCUT2D eigenvalue weighted by atomic mass is 10.2. The van der Waals surface area contributed by atoms with Crippen LogP contribution in [0.4, 0.5) is 5.69 Å². The Morgan fingerprint density at radius 3 is 3.05 bits per heavy atom. The number of esters is 1. The fraction of sp³-hybridized carbons (Fsp3) is 0.0714. The van der Waals surface area contributed by atoms with Crippen molar-refractivity contribution in [3.63, 3.8) is 0 Å². The summed E-state index contributed by atoms with van der Waals surface area (Å²) in [5, 5.41) is 5.76.